The molecule has 0 aliphatic carbocycles. The van der Waals surface area contributed by atoms with Crippen molar-refractivity contribution in [3.8, 4) is 0 Å². The van der Waals surface area contributed by atoms with E-state index < -0.39 is 17.2 Å². The third-order valence-corrected chi connectivity index (χ3v) is 4.80. The molecule has 110 valence electrons. The van der Waals surface area contributed by atoms with Crippen LogP contribution in [0.2, 0.25) is 0 Å². The quantitative estimate of drug-likeness (QED) is 0.866. The zero-order chi connectivity index (χ0) is 15.3. The Kier molecular flexibility index (Phi) is 2.64. The summed E-state index contributed by atoms with van der Waals surface area (Å²) in [5.41, 5.74) is 2.84. The maximum atomic E-state index is 12.7. The number of hydrogen-bond donors (Lipinski definition) is 1. The van der Waals surface area contributed by atoms with Crippen LogP contribution in [0.1, 0.15) is 29.3 Å². The SMILES string of the molecule is CCC1(N2C(=O)C(=O)c3ccccc32)CNc2ccccc21. The lowest BCUT2D eigenvalue weighted by Crippen LogP contribution is -2.50. The number of fused-ring (bicyclic) bond motifs is 2. The molecule has 0 aromatic heterocycles. The van der Waals surface area contributed by atoms with Crippen LogP contribution in [-0.2, 0) is 10.3 Å². The Morgan fingerprint density at radius 1 is 1.09 bits per heavy atom. The van der Waals surface area contributed by atoms with Crippen LogP contribution in [0.5, 0.6) is 0 Å². The molecule has 2 aliphatic rings. The number of benzene rings is 2. The molecule has 2 aliphatic heterocycles. The fourth-order valence-corrected chi connectivity index (χ4v) is 3.66. The van der Waals surface area contributed by atoms with Gasteiger partial charge in [0.05, 0.1) is 16.8 Å². The summed E-state index contributed by atoms with van der Waals surface area (Å²) in [6.07, 6.45) is 0.740. The maximum Gasteiger partial charge on any atom is 0.300 e. The van der Waals surface area contributed by atoms with E-state index in [0.29, 0.717) is 12.1 Å². The maximum absolute atomic E-state index is 12.7. The smallest absolute Gasteiger partial charge is 0.300 e. The van der Waals surface area contributed by atoms with Gasteiger partial charge in [0, 0.05) is 17.8 Å². The average Bonchev–Trinajstić information content (AvgIpc) is 3.06. The standard InChI is InChI=1S/C18H16N2O2/c1-2-18(11-19-14-9-5-4-8-13(14)18)20-15-10-6-3-7-12(15)16(21)17(20)22/h3-10,19H,2,11H2,1H3. The zero-order valence-corrected chi connectivity index (χ0v) is 12.3. The topological polar surface area (TPSA) is 49.4 Å². The van der Waals surface area contributed by atoms with Crippen LogP contribution in [0.4, 0.5) is 11.4 Å². The van der Waals surface area contributed by atoms with Gasteiger partial charge >= 0.3 is 0 Å². The summed E-state index contributed by atoms with van der Waals surface area (Å²) in [4.78, 5) is 26.7. The molecular formula is C18H16N2O2. The molecule has 1 atom stereocenters. The first-order chi connectivity index (χ1) is 10.7. The van der Waals surface area contributed by atoms with Gasteiger partial charge in [-0.25, -0.2) is 0 Å². The molecule has 0 saturated heterocycles. The van der Waals surface area contributed by atoms with Crippen LogP contribution >= 0.6 is 0 Å². The van der Waals surface area contributed by atoms with Crippen LogP contribution in [0.15, 0.2) is 48.5 Å². The van der Waals surface area contributed by atoms with Crippen molar-refractivity contribution in [2.75, 3.05) is 16.8 Å². The van der Waals surface area contributed by atoms with Crippen molar-refractivity contribution < 1.29 is 9.59 Å². The minimum Gasteiger partial charge on any atom is -0.382 e. The number of Topliss-reactive ketones (excluding diaryl/α,β-unsaturated/α-hetero) is 1. The van der Waals surface area contributed by atoms with Crippen molar-refractivity contribution in [3.05, 3.63) is 59.7 Å². The number of nitrogens with zero attached hydrogens (tertiary/aromatic N) is 1. The van der Waals surface area contributed by atoms with Crippen molar-refractivity contribution in [1.82, 2.24) is 0 Å². The van der Waals surface area contributed by atoms with Crippen LogP contribution in [0.3, 0.4) is 0 Å². The largest absolute Gasteiger partial charge is 0.382 e. The van der Waals surface area contributed by atoms with Crippen LogP contribution < -0.4 is 10.2 Å². The van der Waals surface area contributed by atoms with Gasteiger partial charge in [0.2, 0.25) is 0 Å². The number of carbonyl (C=O) groups is 2. The van der Waals surface area contributed by atoms with Crippen molar-refractivity contribution >= 4 is 23.1 Å². The number of hydrogen-bond acceptors (Lipinski definition) is 3. The number of nitrogens with one attached hydrogen (secondary N) is 1. The van der Waals surface area contributed by atoms with E-state index >= 15 is 0 Å². The monoisotopic (exact) mass is 292 g/mol. The number of anilines is 2. The number of carbonyl (C=O) groups excluding carboxylic acids is 2. The number of amides is 1. The normalized spacial score (nSPS) is 22.5. The predicted octanol–water partition coefficient (Wildman–Crippen LogP) is 2.95. The van der Waals surface area contributed by atoms with E-state index in [1.165, 1.54) is 0 Å². The van der Waals surface area contributed by atoms with Crippen molar-refractivity contribution in [3.63, 3.8) is 0 Å². The van der Waals surface area contributed by atoms with Crippen LogP contribution in [-0.4, -0.2) is 18.2 Å². The third-order valence-electron chi connectivity index (χ3n) is 4.80. The second kappa shape index (κ2) is 4.44. The third kappa shape index (κ3) is 1.47. The van der Waals surface area contributed by atoms with Gasteiger partial charge in [0.25, 0.3) is 11.7 Å². The van der Waals surface area contributed by atoms with E-state index in [2.05, 4.69) is 12.2 Å². The summed E-state index contributed by atoms with van der Waals surface area (Å²) in [5.74, 6) is -0.839. The summed E-state index contributed by atoms with van der Waals surface area (Å²) in [6, 6.07) is 15.3. The van der Waals surface area contributed by atoms with E-state index in [4.69, 9.17) is 0 Å². The molecule has 4 rings (SSSR count). The lowest BCUT2D eigenvalue weighted by atomic mass is 9.87. The molecule has 0 spiro atoms. The molecule has 22 heavy (non-hydrogen) atoms. The molecule has 1 amide bonds. The van der Waals surface area contributed by atoms with Gasteiger partial charge in [0.15, 0.2) is 0 Å². The van der Waals surface area contributed by atoms with E-state index in [1.54, 1.807) is 17.0 Å². The molecular weight excluding hydrogens is 276 g/mol. The fourth-order valence-electron chi connectivity index (χ4n) is 3.66. The van der Waals surface area contributed by atoms with Gasteiger partial charge < -0.3 is 5.32 Å². The van der Waals surface area contributed by atoms with E-state index in [9.17, 15) is 9.59 Å². The second-order valence-corrected chi connectivity index (χ2v) is 5.77. The summed E-state index contributed by atoms with van der Waals surface area (Å²) < 4.78 is 0. The molecule has 0 radical (unpaired) electrons. The molecule has 2 heterocycles. The lowest BCUT2D eigenvalue weighted by Gasteiger charge is -2.38. The van der Waals surface area contributed by atoms with E-state index in [0.717, 1.165) is 23.4 Å². The highest BCUT2D eigenvalue weighted by Gasteiger charge is 2.51. The second-order valence-electron chi connectivity index (χ2n) is 5.77. The minimum atomic E-state index is -0.504. The van der Waals surface area contributed by atoms with Gasteiger partial charge in [-0.3, -0.25) is 14.5 Å². The molecule has 0 bridgehead atoms. The zero-order valence-electron chi connectivity index (χ0n) is 12.3. The number of rotatable bonds is 2. The van der Waals surface area contributed by atoms with E-state index in [-0.39, 0.29) is 0 Å². The number of ketones is 1. The van der Waals surface area contributed by atoms with Gasteiger partial charge in [-0.1, -0.05) is 37.3 Å². The Labute approximate surface area is 128 Å². The molecule has 2 aromatic carbocycles. The molecule has 4 nitrogen and oxygen atoms in total. The van der Waals surface area contributed by atoms with Gasteiger partial charge in [0.1, 0.15) is 0 Å². The first-order valence-corrected chi connectivity index (χ1v) is 7.50. The van der Waals surface area contributed by atoms with Crippen LogP contribution in [0, 0.1) is 0 Å². The minimum absolute atomic E-state index is 0.409. The number of para-hydroxylation sites is 2. The molecule has 1 N–H and O–H groups in total. The molecule has 4 heteroatoms. The van der Waals surface area contributed by atoms with Crippen molar-refractivity contribution in [1.29, 1.82) is 0 Å². The highest BCUT2D eigenvalue weighted by Crippen LogP contribution is 2.47. The lowest BCUT2D eigenvalue weighted by molar-refractivity contribution is -0.115. The molecule has 0 fully saturated rings. The Morgan fingerprint density at radius 3 is 2.64 bits per heavy atom. The molecule has 2 aromatic rings. The first kappa shape index (κ1) is 13.1. The van der Waals surface area contributed by atoms with Crippen molar-refractivity contribution in [2.45, 2.75) is 18.9 Å². The average molecular weight is 292 g/mol. The van der Waals surface area contributed by atoms with Crippen LogP contribution in [0.25, 0.3) is 0 Å². The van der Waals surface area contributed by atoms with Gasteiger partial charge in [-0.15, -0.1) is 0 Å². The Balaban J connectivity index is 1.95. The molecule has 1 unspecified atom stereocenters. The highest BCUT2D eigenvalue weighted by atomic mass is 16.2. The summed E-state index contributed by atoms with van der Waals surface area (Å²) >= 11 is 0. The highest BCUT2D eigenvalue weighted by molar-refractivity contribution is 6.52. The van der Waals surface area contributed by atoms with Crippen molar-refractivity contribution in [2.24, 2.45) is 0 Å². The summed E-state index contributed by atoms with van der Waals surface area (Å²) in [6.45, 7) is 2.68. The Hall–Kier alpha value is -2.62. The summed E-state index contributed by atoms with van der Waals surface area (Å²) in [7, 11) is 0. The van der Waals surface area contributed by atoms with Gasteiger partial charge in [-0.2, -0.15) is 0 Å². The van der Waals surface area contributed by atoms with E-state index in [1.807, 2.05) is 36.4 Å². The predicted molar refractivity (Wildman–Crippen MR) is 85.2 cm³/mol. The summed E-state index contributed by atoms with van der Waals surface area (Å²) in [5, 5.41) is 3.38. The first-order valence-electron chi connectivity index (χ1n) is 7.50. The Bertz CT molecular complexity index is 799. The Morgan fingerprint density at radius 2 is 1.82 bits per heavy atom. The fraction of sp³-hybridized carbons (Fsp3) is 0.222. The molecule has 0 saturated carbocycles. The van der Waals surface area contributed by atoms with Gasteiger partial charge in [-0.05, 0) is 24.6 Å².